The van der Waals surface area contributed by atoms with E-state index in [2.05, 4.69) is 0 Å². The Morgan fingerprint density at radius 1 is 1.24 bits per heavy atom. The van der Waals surface area contributed by atoms with E-state index in [1.165, 1.54) is 0 Å². The van der Waals surface area contributed by atoms with Crippen molar-refractivity contribution < 1.29 is 12.6 Å². The van der Waals surface area contributed by atoms with Crippen LogP contribution in [0.2, 0.25) is 0 Å². The van der Waals surface area contributed by atoms with Gasteiger partial charge in [0.2, 0.25) is 0 Å². The van der Waals surface area contributed by atoms with E-state index in [0.717, 1.165) is 5.56 Å². The van der Waals surface area contributed by atoms with Gasteiger partial charge in [-0.15, -0.1) is 0 Å². The van der Waals surface area contributed by atoms with Crippen LogP contribution in [-0.4, -0.2) is 40.1 Å². The largest absolute Gasteiger partial charge is 0.304 e. The maximum Gasteiger partial charge on any atom is 0.297 e. The fraction of sp³-hybridized carbons (Fsp3) is 0.500. The lowest BCUT2D eigenvalue weighted by Gasteiger charge is -2.19. The monoisotopic (exact) mass is 257 g/mol. The van der Waals surface area contributed by atoms with Crippen molar-refractivity contribution in [2.75, 3.05) is 20.7 Å². The molecule has 0 aliphatic heterocycles. The molecule has 0 heterocycles. The van der Waals surface area contributed by atoms with Gasteiger partial charge in [-0.25, -0.2) is 0 Å². The van der Waals surface area contributed by atoms with Gasteiger partial charge in [0.25, 0.3) is 10.1 Å². The molecule has 0 spiro atoms. The van der Waals surface area contributed by atoms with Gasteiger partial charge in [-0.1, -0.05) is 17.7 Å². The Hall–Kier alpha value is -0.910. The van der Waals surface area contributed by atoms with Gasteiger partial charge in [0.05, 0.1) is 11.5 Å². The van der Waals surface area contributed by atoms with E-state index < -0.39 is 10.1 Å². The topological polar surface area (TPSA) is 46.6 Å². The molecule has 0 radical (unpaired) electrons. The first-order valence-electron chi connectivity index (χ1n) is 5.45. The molecule has 5 heteroatoms. The molecule has 0 saturated heterocycles. The van der Waals surface area contributed by atoms with Crippen molar-refractivity contribution in [2.45, 2.75) is 24.8 Å². The lowest BCUT2D eigenvalue weighted by molar-refractivity contribution is 0.203. The Labute approximate surface area is 103 Å². The maximum atomic E-state index is 11.8. The van der Waals surface area contributed by atoms with E-state index in [9.17, 15) is 8.42 Å². The first kappa shape index (κ1) is 14.2. The van der Waals surface area contributed by atoms with E-state index in [1.54, 1.807) is 24.3 Å². The molecule has 0 amide bonds. The molecule has 1 aromatic rings. The van der Waals surface area contributed by atoms with Gasteiger partial charge in [-0.2, -0.15) is 8.42 Å². The molecule has 0 aliphatic carbocycles. The summed E-state index contributed by atoms with van der Waals surface area (Å²) < 4.78 is 28.7. The summed E-state index contributed by atoms with van der Waals surface area (Å²) in [6.45, 7) is 3.97. The van der Waals surface area contributed by atoms with Gasteiger partial charge >= 0.3 is 0 Å². The smallest absolute Gasteiger partial charge is 0.297 e. The van der Waals surface area contributed by atoms with Crippen LogP contribution in [-0.2, 0) is 14.3 Å². The second-order valence-corrected chi connectivity index (χ2v) is 5.98. The summed E-state index contributed by atoms with van der Waals surface area (Å²) >= 11 is 0. The van der Waals surface area contributed by atoms with Crippen molar-refractivity contribution >= 4 is 10.1 Å². The van der Waals surface area contributed by atoms with E-state index in [-0.39, 0.29) is 17.5 Å². The first-order chi connectivity index (χ1) is 7.83. The van der Waals surface area contributed by atoms with Gasteiger partial charge in [0.15, 0.2) is 0 Å². The Balaban J connectivity index is 2.72. The molecule has 1 rings (SSSR count). The maximum absolute atomic E-state index is 11.8. The predicted molar refractivity (Wildman–Crippen MR) is 67.5 cm³/mol. The van der Waals surface area contributed by atoms with Crippen LogP contribution in [0.15, 0.2) is 29.2 Å². The van der Waals surface area contributed by atoms with Crippen LogP contribution in [0.1, 0.15) is 12.5 Å². The highest BCUT2D eigenvalue weighted by Crippen LogP contribution is 2.13. The zero-order valence-electron chi connectivity index (χ0n) is 10.7. The molecular formula is C12H19NO3S. The number of likely N-dealkylation sites (N-methyl/N-ethyl adjacent to an activating group) is 1. The summed E-state index contributed by atoms with van der Waals surface area (Å²) in [5.41, 5.74) is 1.02. The van der Waals surface area contributed by atoms with Crippen LogP contribution in [0.5, 0.6) is 0 Å². The van der Waals surface area contributed by atoms with Crippen molar-refractivity contribution in [1.29, 1.82) is 0 Å². The number of hydrogen-bond donors (Lipinski definition) is 0. The molecule has 0 saturated carbocycles. The lowest BCUT2D eigenvalue weighted by Crippen LogP contribution is -2.30. The molecule has 96 valence electrons. The summed E-state index contributed by atoms with van der Waals surface area (Å²) in [4.78, 5) is 2.11. The average Bonchev–Trinajstić information content (AvgIpc) is 2.26. The van der Waals surface area contributed by atoms with Crippen molar-refractivity contribution in [2.24, 2.45) is 0 Å². The quantitative estimate of drug-likeness (QED) is 0.753. The molecule has 0 aromatic heterocycles. The van der Waals surface area contributed by atoms with Crippen LogP contribution >= 0.6 is 0 Å². The minimum absolute atomic E-state index is 0.0511. The number of hydrogen-bond acceptors (Lipinski definition) is 4. The van der Waals surface area contributed by atoms with E-state index in [1.807, 2.05) is 32.8 Å². The Bertz CT molecular complexity index is 451. The molecule has 1 atom stereocenters. The normalized spacial score (nSPS) is 13.9. The van der Waals surface area contributed by atoms with Crippen molar-refractivity contribution in [3.8, 4) is 0 Å². The minimum Gasteiger partial charge on any atom is -0.304 e. The van der Waals surface area contributed by atoms with Gasteiger partial charge in [0.1, 0.15) is 0 Å². The van der Waals surface area contributed by atoms with Crippen molar-refractivity contribution in [3.05, 3.63) is 29.8 Å². The summed E-state index contributed by atoms with van der Waals surface area (Å²) in [7, 11) is 0.131. The van der Waals surface area contributed by atoms with Crippen LogP contribution < -0.4 is 0 Å². The highest BCUT2D eigenvalue weighted by atomic mass is 32.2. The number of nitrogens with zero attached hydrogens (tertiary/aromatic N) is 1. The van der Waals surface area contributed by atoms with Gasteiger partial charge < -0.3 is 4.90 Å². The van der Waals surface area contributed by atoms with E-state index in [4.69, 9.17) is 4.18 Å². The fourth-order valence-electron chi connectivity index (χ4n) is 1.11. The third-order valence-electron chi connectivity index (χ3n) is 2.66. The fourth-order valence-corrected chi connectivity index (χ4v) is 2.09. The van der Waals surface area contributed by atoms with Crippen LogP contribution in [0, 0.1) is 6.92 Å². The molecule has 1 aromatic carbocycles. The highest BCUT2D eigenvalue weighted by Gasteiger charge is 2.17. The van der Waals surface area contributed by atoms with Gasteiger partial charge in [0, 0.05) is 6.04 Å². The third-order valence-corrected chi connectivity index (χ3v) is 3.95. The van der Waals surface area contributed by atoms with Crippen LogP contribution in [0.4, 0.5) is 0 Å². The molecule has 0 fully saturated rings. The zero-order chi connectivity index (χ0) is 13.1. The molecule has 0 aliphatic rings. The van der Waals surface area contributed by atoms with Crippen LogP contribution in [0.3, 0.4) is 0 Å². The van der Waals surface area contributed by atoms with E-state index in [0.29, 0.717) is 0 Å². The lowest BCUT2D eigenvalue weighted by atomic mass is 10.2. The molecule has 4 nitrogen and oxygen atoms in total. The summed E-state index contributed by atoms with van der Waals surface area (Å²) in [5, 5.41) is 0. The Kier molecular flexibility index (Phi) is 4.68. The second kappa shape index (κ2) is 5.62. The number of rotatable bonds is 5. The molecular weight excluding hydrogens is 238 g/mol. The minimum atomic E-state index is -3.63. The first-order valence-corrected chi connectivity index (χ1v) is 6.86. The number of benzene rings is 1. The zero-order valence-corrected chi connectivity index (χ0v) is 11.5. The number of aryl methyl sites for hydroxylation is 1. The molecule has 0 unspecified atom stereocenters. The summed E-state index contributed by atoms with van der Waals surface area (Å²) in [6.07, 6.45) is 0. The third kappa shape index (κ3) is 4.11. The Morgan fingerprint density at radius 3 is 2.24 bits per heavy atom. The van der Waals surface area contributed by atoms with Gasteiger partial charge in [-0.3, -0.25) is 4.18 Å². The standard InChI is InChI=1S/C12H19NO3S/c1-10-5-7-12(8-6-10)17(14,15)16-9-11(2)13(3)4/h5-8,11H,9H2,1-4H3/t11-/m1/s1. The average molecular weight is 257 g/mol. The van der Waals surface area contributed by atoms with Gasteiger partial charge in [-0.05, 0) is 40.1 Å². The predicted octanol–water partition coefficient (Wildman–Crippen LogP) is 1.65. The van der Waals surface area contributed by atoms with Crippen molar-refractivity contribution in [3.63, 3.8) is 0 Å². The molecule has 0 bridgehead atoms. The summed E-state index contributed by atoms with van der Waals surface area (Å²) in [5.74, 6) is 0. The van der Waals surface area contributed by atoms with Crippen LogP contribution in [0.25, 0.3) is 0 Å². The highest BCUT2D eigenvalue weighted by molar-refractivity contribution is 7.86. The second-order valence-electron chi connectivity index (χ2n) is 4.36. The van der Waals surface area contributed by atoms with Crippen molar-refractivity contribution in [1.82, 2.24) is 4.90 Å². The molecule has 17 heavy (non-hydrogen) atoms. The van der Waals surface area contributed by atoms with E-state index >= 15 is 0 Å². The Morgan fingerprint density at radius 2 is 1.76 bits per heavy atom. The molecule has 0 N–H and O–H groups in total. The SMILES string of the molecule is Cc1ccc(S(=O)(=O)OC[C@@H](C)N(C)C)cc1. The summed E-state index contributed by atoms with van der Waals surface area (Å²) in [6, 6.07) is 6.68.